The van der Waals surface area contributed by atoms with Crippen LogP contribution in [0, 0.1) is 12.7 Å². The Bertz CT molecular complexity index is 1260. The Kier molecular flexibility index (Phi) is 7.04. The molecule has 4 aromatic rings. The number of hydrogen-bond donors (Lipinski definition) is 1. The van der Waals surface area contributed by atoms with Crippen LogP contribution in [0.25, 0.3) is 17.1 Å². The number of carbonyl (C=O) groups excluding carboxylic acids is 1. The first-order valence-electron chi connectivity index (χ1n) is 10.3. The highest BCUT2D eigenvalue weighted by Gasteiger charge is 2.19. The molecule has 0 fully saturated rings. The number of benzene rings is 3. The number of rotatable bonds is 8. The van der Waals surface area contributed by atoms with Crippen molar-refractivity contribution in [2.45, 2.75) is 18.6 Å². The maximum Gasteiger partial charge on any atom is 0.230 e. The van der Waals surface area contributed by atoms with Crippen LogP contribution >= 0.6 is 11.8 Å². The van der Waals surface area contributed by atoms with Gasteiger partial charge in [-0.2, -0.15) is 0 Å². The number of nitrogens with zero attached hydrogens (tertiary/aromatic N) is 3. The smallest absolute Gasteiger partial charge is 0.230 e. The van der Waals surface area contributed by atoms with E-state index < -0.39 is 0 Å². The number of carbonyl (C=O) groups is 1. The first-order valence-corrected chi connectivity index (χ1v) is 11.3. The van der Waals surface area contributed by atoms with Crippen molar-refractivity contribution in [1.29, 1.82) is 0 Å². The van der Waals surface area contributed by atoms with Gasteiger partial charge in [0.05, 0.1) is 18.4 Å². The van der Waals surface area contributed by atoms with Crippen LogP contribution in [0.1, 0.15) is 11.1 Å². The minimum atomic E-state index is -0.383. The highest BCUT2D eigenvalue weighted by Crippen LogP contribution is 2.29. The molecule has 0 bridgehead atoms. The van der Waals surface area contributed by atoms with Crippen molar-refractivity contribution in [3.8, 4) is 22.8 Å². The molecular weight excluding hydrogens is 439 g/mol. The highest BCUT2D eigenvalue weighted by atomic mass is 32.2. The fourth-order valence-electron chi connectivity index (χ4n) is 3.27. The van der Waals surface area contributed by atoms with E-state index in [0.717, 1.165) is 22.6 Å². The molecule has 3 aromatic carbocycles. The van der Waals surface area contributed by atoms with Crippen LogP contribution in [-0.4, -0.2) is 33.5 Å². The second kappa shape index (κ2) is 10.3. The van der Waals surface area contributed by atoms with E-state index in [1.54, 1.807) is 29.9 Å². The standard InChI is InChI=1S/C25H23FN4O2S/c1-17-10-12-19(13-11-17)30-24(21-8-3-4-9-22(21)26)28-29-25(30)33-16-23(31)27-15-18-6-5-7-20(14-18)32-2/h3-14H,15-16H2,1-2H3,(H,27,31). The van der Waals surface area contributed by atoms with Gasteiger partial charge in [-0.15, -0.1) is 10.2 Å². The fourth-order valence-corrected chi connectivity index (χ4v) is 4.05. The molecule has 1 amide bonds. The summed E-state index contributed by atoms with van der Waals surface area (Å²) in [4.78, 5) is 12.5. The third kappa shape index (κ3) is 5.40. The summed E-state index contributed by atoms with van der Waals surface area (Å²) in [5, 5.41) is 11.9. The summed E-state index contributed by atoms with van der Waals surface area (Å²) in [6.45, 7) is 2.39. The molecule has 0 aliphatic rings. The van der Waals surface area contributed by atoms with Crippen molar-refractivity contribution in [2.75, 3.05) is 12.9 Å². The Morgan fingerprint density at radius 1 is 1.06 bits per heavy atom. The molecule has 4 rings (SSSR count). The molecule has 33 heavy (non-hydrogen) atoms. The first kappa shape index (κ1) is 22.5. The molecule has 8 heteroatoms. The van der Waals surface area contributed by atoms with Crippen molar-refractivity contribution in [2.24, 2.45) is 0 Å². The zero-order valence-corrected chi connectivity index (χ0v) is 19.1. The molecule has 1 N–H and O–H groups in total. The Balaban J connectivity index is 1.53. The molecule has 0 radical (unpaired) electrons. The van der Waals surface area contributed by atoms with E-state index in [-0.39, 0.29) is 17.5 Å². The number of aryl methyl sites for hydroxylation is 1. The lowest BCUT2D eigenvalue weighted by atomic mass is 10.2. The molecule has 1 aromatic heterocycles. The van der Waals surface area contributed by atoms with Gasteiger partial charge in [0.25, 0.3) is 0 Å². The lowest BCUT2D eigenvalue weighted by Gasteiger charge is -2.11. The van der Waals surface area contributed by atoms with Gasteiger partial charge in [-0.1, -0.05) is 53.7 Å². The van der Waals surface area contributed by atoms with Gasteiger partial charge in [0, 0.05) is 12.2 Å². The predicted molar refractivity (Wildman–Crippen MR) is 127 cm³/mol. The number of aromatic nitrogens is 3. The van der Waals surface area contributed by atoms with E-state index in [1.165, 1.54) is 17.8 Å². The second-order valence-corrected chi connectivity index (χ2v) is 8.32. The molecule has 168 valence electrons. The Morgan fingerprint density at radius 3 is 2.61 bits per heavy atom. The number of nitrogens with one attached hydrogen (secondary N) is 1. The topological polar surface area (TPSA) is 69.0 Å². The summed E-state index contributed by atoms with van der Waals surface area (Å²) in [6, 6.07) is 21.8. The molecular formula is C25H23FN4O2S. The van der Waals surface area contributed by atoms with Gasteiger partial charge in [-0.25, -0.2) is 4.39 Å². The molecule has 0 atom stereocenters. The van der Waals surface area contributed by atoms with Gasteiger partial charge in [0.15, 0.2) is 11.0 Å². The highest BCUT2D eigenvalue weighted by molar-refractivity contribution is 7.99. The number of methoxy groups -OCH3 is 1. The van der Waals surface area contributed by atoms with E-state index in [1.807, 2.05) is 55.5 Å². The van der Waals surface area contributed by atoms with Crippen LogP contribution < -0.4 is 10.1 Å². The van der Waals surface area contributed by atoms with Gasteiger partial charge in [-0.05, 0) is 48.9 Å². The Labute approximate surface area is 195 Å². The number of amides is 1. The molecule has 0 aliphatic carbocycles. The van der Waals surface area contributed by atoms with Crippen molar-refractivity contribution < 1.29 is 13.9 Å². The van der Waals surface area contributed by atoms with Gasteiger partial charge in [0.2, 0.25) is 5.91 Å². The normalized spacial score (nSPS) is 10.8. The number of halogens is 1. The number of ether oxygens (including phenoxy) is 1. The quantitative estimate of drug-likeness (QED) is 0.381. The number of hydrogen-bond acceptors (Lipinski definition) is 5. The van der Waals surface area contributed by atoms with Crippen molar-refractivity contribution in [3.63, 3.8) is 0 Å². The summed E-state index contributed by atoms with van der Waals surface area (Å²) in [5.74, 6) is 0.740. The van der Waals surface area contributed by atoms with Crippen LogP contribution in [0.15, 0.2) is 78.0 Å². The maximum atomic E-state index is 14.5. The average molecular weight is 463 g/mol. The SMILES string of the molecule is COc1cccc(CNC(=O)CSc2nnc(-c3ccccc3F)n2-c2ccc(C)cc2)c1. The van der Waals surface area contributed by atoms with Gasteiger partial charge in [0.1, 0.15) is 11.6 Å². The van der Waals surface area contributed by atoms with E-state index in [9.17, 15) is 9.18 Å². The zero-order valence-electron chi connectivity index (χ0n) is 18.3. The second-order valence-electron chi connectivity index (χ2n) is 7.37. The molecule has 6 nitrogen and oxygen atoms in total. The predicted octanol–water partition coefficient (Wildman–Crippen LogP) is 4.80. The van der Waals surface area contributed by atoms with Gasteiger partial charge < -0.3 is 10.1 Å². The Hall–Kier alpha value is -3.65. The molecule has 0 saturated carbocycles. The monoisotopic (exact) mass is 462 g/mol. The Morgan fingerprint density at radius 2 is 1.85 bits per heavy atom. The summed E-state index contributed by atoms with van der Waals surface area (Å²) >= 11 is 1.25. The maximum absolute atomic E-state index is 14.5. The molecule has 0 saturated heterocycles. The molecule has 0 aliphatic heterocycles. The molecule has 0 spiro atoms. The summed E-state index contributed by atoms with van der Waals surface area (Å²) in [7, 11) is 1.61. The third-order valence-electron chi connectivity index (χ3n) is 5.00. The lowest BCUT2D eigenvalue weighted by molar-refractivity contribution is -0.118. The van der Waals surface area contributed by atoms with E-state index in [0.29, 0.717) is 23.1 Å². The van der Waals surface area contributed by atoms with E-state index in [2.05, 4.69) is 15.5 Å². The van der Waals surface area contributed by atoms with Crippen LogP contribution in [0.3, 0.4) is 0 Å². The minimum Gasteiger partial charge on any atom is -0.497 e. The van der Waals surface area contributed by atoms with E-state index >= 15 is 0 Å². The lowest BCUT2D eigenvalue weighted by Crippen LogP contribution is -2.24. The summed E-state index contributed by atoms with van der Waals surface area (Å²) in [6.07, 6.45) is 0. The molecule has 1 heterocycles. The summed E-state index contributed by atoms with van der Waals surface area (Å²) in [5.41, 5.74) is 3.19. The molecule has 0 unspecified atom stereocenters. The van der Waals surface area contributed by atoms with Crippen LogP contribution in [0.2, 0.25) is 0 Å². The third-order valence-corrected chi connectivity index (χ3v) is 5.93. The first-order chi connectivity index (χ1) is 16.0. The van der Waals surface area contributed by atoms with Crippen LogP contribution in [0.5, 0.6) is 5.75 Å². The van der Waals surface area contributed by atoms with E-state index in [4.69, 9.17) is 4.74 Å². The van der Waals surface area contributed by atoms with Crippen LogP contribution in [-0.2, 0) is 11.3 Å². The van der Waals surface area contributed by atoms with Crippen LogP contribution in [0.4, 0.5) is 4.39 Å². The van der Waals surface area contributed by atoms with Crippen molar-refractivity contribution >= 4 is 17.7 Å². The fraction of sp³-hybridized carbons (Fsp3) is 0.160. The van der Waals surface area contributed by atoms with Gasteiger partial charge in [-0.3, -0.25) is 9.36 Å². The van der Waals surface area contributed by atoms with Crippen molar-refractivity contribution in [1.82, 2.24) is 20.1 Å². The minimum absolute atomic E-state index is 0.144. The van der Waals surface area contributed by atoms with Crippen molar-refractivity contribution in [3.05, 3.63) is 89.7 Å². The average Bonchev–Trinajstić information content (AvgIpc) is 3.26. The largest absolute Gasteiger partial charge is 0.497 e. The zero-order chi connectivity index (χ0) is 23.2. The summed E-state index contributed by atoms with van der Waals surface area (Å²) < 4.78 is 21.5. The number of thioether (sulfide) groups is 1. The van der Waals surface area contributed by atoms with Gasteiger partial charge >= 0.3 is 0 Å².